The lowest BCUT2D eigenvalue weighted by molar-refractivity contribution is 0.484. The maximum Gasteiger partial charge on any atom is 0.261 e. The van der Waals surface area contributed by atoms with Gasteiger partial charge in [0.15, 0.2) is 0 Å². The fourth-order valence-corrected chi connectivity index (χ4v) is 1.60. The first-order valence-corrected chi connectivity index (χ1v) is 5.44. The monoisotopic (exact) mass is 208 g/mol. The number of hydrogen-bond acceptors (Lipinski definition) is 2. The van der Waals surface area contributed by atoms with Crippen molar-refractivity contribution < 1.29 is 12.8 Å². The van der Waals surface area contributed by atoms with E-state index in [-0.39, 0.29) is 4.90 Å². The summed E-state index contributed by atoms with van der Waals surface area (Å²) in [5.74, 6) is 0. The average molecular weight is 209 g/mol. The van der Waals surface area contributed by atoms with Gasteiger partial charge in [-0.25, -0.2) is 12.8 Å². The third-order valence-electron chi connectivity index (χ3n) is 1.33. The van der Waals surface area contributed by atoms with Crippen LogP contribution in [0.15, 0.2) is 29.2 Å². The van der Waals surface area contributed by atoms with Crippen LogP contribution in [0.2, 0.25) is 0 Å². The van der Waals surface area contributed by atoms with E-state index in [0.29, 0.717) is 5.56 Å². The van der Waals surface area contributed by atoms with Crippen molar-refractivity contribution in [2.75, 3.05) is 0 Å². The minimum atomic E-state index is -3.73. The van der Waals surface area contributed by atoms with Crippen LogP contribution >= 0.6 is 10.7 Å². The highest BCUT2D eigenvalue weighted by molar-refractivity contribution is 8.13. The summed E-state index contributed by atoms with van der Waals surface area (Å²) in [5.41, 5.74) is 0.303. The van der Waals surface area contributed by atoms with Crippen LogP contribution in [0.3, 0.4) is 0 Å². The molecule has 0 fully saturated rings. The number of rotatable bonds is 2. The molecule has 1 aromatic rings. The summed E-state index contributed by atoms with van der Waals surface area (Å²) in [7, 11) is 1.31. The molecule has 0 aliphatic rings. The summed E-state index contributed by atoms with van der Waals surface area (Å²) in [4.78, 5) is -0.0701. The molecule has 2 nitrogen and oxygen atoms in total. The van der Waals surface area contributed by atoms with Crippen LogP contribution in [0, 0.1) is 0 Å². The number of halogens is 2. The van der Waals surface area contributed by atoms with E-state index < -0.39 is 15.7 Å². The third-order valence-corrected chi connectivity index (χ3v) is 2.69. The standard InChI is InChI=1S/C7H6ClFO2S/c8-12(10,11)7-3-1-2-6(4-7)5-9/h1-4H,5H2. The Morgan fingerprint density at radius 3 is 2.58 bits per heavy atom. The number of benzene rings is 1. The van der Waals surface area contributed by atoms with E-state index in [0.717, 1.165) is 0 Å². The zero-order valence-corrected chi connectivity index (χ0v) is 7.57. The van der Waals surface area contributed by atoms with Gasteiger partial charge in [-0.1, -0.05) is 12.1 Å². The lowest BCUT2D eigenvalue weighted by Crippen LogP contribution is -1.91. The molecule has 5 heteroatoms. The molecule has 0 saturated heterocycles. The lowest BCUT2D eigenvalue weighted by atomic mass is 10.2. The molecule has 0 unspecified atom stereocenters. The summed E-state index contributed by atoms with van der Waals surface area (Å²) in [6.45, 7) is -0.694. The van der Waals surface area contributed by atoms with Gasteiger partial charge in [-0.2, -0.15) is 0 Å². The minimum Gasteiger partial charge on any atom is -0.246 e. The molecule has 1 rings (SSSR count). The van der Waals surface area contributed by atoms with E-state index in [1.54, 1.807) is 0 Å². The third kappa shape index (κ3) is 2.19. The van der Waals surface area contributed by atoms with E-state index in [4.69, 9.17) is 10.7 Å². The lowest BCUT2D eigenvalue weighted by Gasteiger charge is -1.97. The molecule has 0 aliphatic heterocycles. The fraction of sp³-hybridized carbons (Fsp3) is 0.143. The molecule has 0 heterocycles. The molecule has 0 aliphatic carbocycles. The van der Waals surface area contributed by atoms with Crippen molar-refractivity contribution in [1.82, 2.24) is 0 Å². The van der Waals surface area contributed by atoms with Gasteiger partial charge < -0.3 is 0 Å². The molecule has 0 radical (unpaired) electrons. The Morgan fingerprint density at radius 2 is 2.08 bits per heavy atom. The van der Waals surface area contributed by atoms with Gasteiger partial charge in [0.25, 0.3) is 9.05 Å². The molecule has 0 atom stereocenters. The highest BCUT2D eigenvalue weighted by atomic mass is 35.7. The van der Waals surface area contributed by atoms with Crippen LogP contribution in [0.4, 0.5) is 4.39 Å². The summed E-state index contributed by atoms with van der Waals surface area (Å²) in [6.07, 6.45) is 0. The Morgan fingerprint density at radius 1 is 1.42 bits per heavy atom. The Hall–Kier alpha value is -0.610. The predicted molar refractivity (Wildman–Crippen MR) is 44.3 cm³/mol. The quantitative estimate of drug-likeness (QED) is 0.698. The molecule has 0 bridgehead atoms. The van der Waals surface area contributed by atoms with Crippen LogP contribution in [-0.2, 0) is 15.7 Å². The Balaban J connectivity index is 3.20. The zero-order valence-electron chi connectivity index (χ0n) is 6.00. The first kappa shape index (κ1) is 9.48. The van der Waals surface area contributed by atoms with Crippen LogP contribution in [0.1, 0.15) is 5.56 Å². The van der Waals surface area contributed by atoms with E-state index in [2.05, 4.69) is 0 Å². The Bertz CT molecular complexity index is 375. The van der Waals surface area contributed by atoms with Crippen molar-refractivity contribution in [2.24, 2.45) is 0 Å². The van der Waals surface area contributed by atoms with Gasteiger partial charge in [-0.3, -0.25) is 0 Å². The van der Waals surface area contributed by atoms with Crippen molar-refractivity contribution in [3.05, 3.63) is 29.8 Å². The van der Waals surface area contributed by atoms with Crippen LogP contribution in [-0.4, -0.2) is 8.42 Å². The summed E-state index contributed by atoms with van der Waals surface area (Å²) in [5, 5.41) is 0. The van der Waals surface area contributed by atoms with E-state index >= 15 is 0 Å². The normalized spacial score (nSPS) is 11.5. The van der Waals surface area contributed by atoms with Crippen molar-refractivity contribution in [1.29, 1.82) is 0 Å². The van der Waals surface area contributed by atoms with Gasteiger partial charge in [0, 0.05) is 10.7 Å². The molecule has 0 saturated carbocycles. The molecule has 0 spiro atoms. The van der Waals surface area contributed by atoms with Gasteiger partial charge in [0.2, 0.25) is 0 Å². The summed E-state index contributed by atoms with van der Waals surface area (Å²) in [6, 6.07) is 5.47. The molecule has 66 valence electrons. The molecule has 0 aromatic heterocycles. The van der Waals surface area contributed by atoms with Crippen molar-refractivity contribution >= 4 is 19.7 Å². The molecular weight excluding hydrogens is 203 g/mol. The van der Waals surface area contributed by atoms with Gasteiger partial charge in [-0.05, 0) is 17.7 Å². The van der Waals surface area contributed by atoms with E-state index in [1.807, 2.05) is 0 Å². The van der Waals surface area contributed by atoms with Gasteiger partial charge in [0.1, 0.15) is 6.67 Å². The molecule has 0 amide bonds. The summed E-state index contributed by atoms with van der Waals surface area (Å²) < 4.78 is 33.5. The average Bonchev–Trinajstić information content (AvgIpc) is 2.03. The molecule has 12 heavy (non-hydrogen) atoms. The maximum absolute atomic E-state index is 12.1. The molecule has 1 aromatic carbocycles. The second kappa shape index (κ2) is 3.41. The van der Waals surface area contributed by atoms with Crippen molar-refractivity contribution in [3.63, 3.8) is 0 Å². The van der Waals surface area contributed by atoms with E-state index in [9.17, 15) is 12.8 Å². The smallest absolute Gasteiger partial charge is 0.246 e. The van der Waals surface area contributed by atoms with Crippen LogP contribution in [0.5, 0.6) is 0 Å². The number of hydrogen-bond donors (Lipinski definition) is 0. The van der Waals surface area contributed by atoms with Gasteiger partial charge in [-0.15, -0.1) is 0 Å². The molecule has 0 N–H and O–H groups in total. The first-order valence-electron chi connectivity index (χ1n) is 3.13. The second-order valence-electron chi connectivity index (χ2n) is 2.22. The minimum absolute atomic E-state index is 0.0701. The topological polar surface area (TPSA) is 34.1 Å². The highest BCUT2D eigenvalue weighted by Crippen LogP contribution is 2.16. The van der Waals surface area contributed by atoms with Gasteiger partial charge >= 0.3 is 0 Å². The SMILES string of the molecule is O=S(=O)(Cl)c1cccc(CF)c1. The predicted octanol–water partition coefficient (Wildman–Crippen LogP) is 2.08. The maximum atomic E-state index is 12.1. The first-order chi connectivity index (χ1) is 5.54. The second-order valence-corrected chi connectivity index (χ2v) is 4.78. The van der Waals surface area contributed by atoms with E-state index in [1.165, 1.54) is 24.3 Å². The highest BCUT2D eigenvalue weighted by Gasteiger charge is 2.09. The fourth-order valence-electron chi connectivity index (χ4n) is 0.780. The van der Waals surface area contributed by atoms with Crippen LogP contribution in [0.25, 0.3) is 0 Å². The summed E-state index contributed by atoms with van der Waals surface area (Å²) >= 11 is 0. The van der Waals surface area contributed by atoms with Crippen molar-refractivity contribution in [2.45, 2.75) is 11.6 Å². The largest absolute Gasteiger partial charge is 0.261 e. The van der Waals surface area contributed by atoms with Gasteiger partial charge in [0.05, 0.1) is 4.90 Å². The van der Waals surface area contributed by atoms with Crippen molar-refractivity contribution in [3.8, 4) is 0 Å². The van der Waals surface area contributed by atoms with Crippen LogP contribution < -0.4 is 0 Å². The Kier molecular flexibility index (Phi) is 2.69. The number of alkyl halides is 1. The zero-order chi connectivity index (χ0) is 9.19. The Labute approximate surface area is 74.4 Å². The molecular formula is C7H6ClFO2S.